The van der Waals surface area contributed by atoms with Crippen LogP contribution in [0.3, 0.4) is 0 Å². The highest BCUT2D eigenvalue weighted by Crippen LogP contribution is 2.24. The van der Waals surface area contributed by atoms with Crippen LogP contribution >= 0.6 is 11.3 Å². The molecule has 0 aliphatic carbocycles. The van der Waals surface area contributed by atoms with E-state index in [0.29, 0.717) is 30.9 Å². The van der Waals surface area contributed by atoms with Crippen molar-refractivity contribution in [3.63, 3.8) is 0 Å². The van der Waals surface area contributed by atoms with Gasteiger partial charge in [0.2, 0.25) is 0 Å². The Morgan fingerprint density at radius 2 is 2.04 bits per heavy atom. The number of benzene rings is 1. The van der Waals surface area contributed by atoms with Crippen LogP contribution in [0, 0.1) is 0 Å². The lowest BCUT2D eigenvalue weighted by Gasteiger charge is -2.28. The number of hydrogen-bond acceptors (Lipinski definition) is 5. The molecule has 0 bridgehead atoms. The number of carbonyl (C=O) groups is 1. The summed E-state index contributed by atoms with van der Waals surface area (Å²) in [5.41, 5.74) is 0.546. The minimum atomic E-state index is -3.06. The second kappa shape index (κ2) is 7.58. The fourth-order valence-corrected chi connectivity index (χ4v) is 5.42. The fourth-order valence-electron chi connectivity index (χ4n) is 2.98. The summed E-state index contributed by atoms with van der Waals surface area (Å²) < 4.78 is 29.2. The highest BCUT2D eigenvalue weighted by molar-refractivity contribution is 7.91. The largest absolute Gasteiger partial charge is 0.494 e. The molecule has 3 rings (SSSR count). The standard InChI is InChI=1S/C18H21NO4S2/c1-2-23-16-7-5-14(6-8-16)18(20)19(12-17-4-3-10-24-17)15-9-11-25(21,22)13-15/h3-8,10,15H,2,9,11-13H2,1H3/t15-/m1/s1. The maximum Gasteiger partial charge on any atom is 0.254 e. The van der Waals surface area contributed by atoms with Gasteiger partial charge in [0, 0.05) is 16.5 Å². The highest BCUT2D eigenvalue weighted by Gasteiger charge is 2.35. The van der Waals surface area contributed by atoms with Crippen molar-refractivity contribution in [3.05, 3.63) is 52.2 Å². The molecule has 0 N–H and O–H groups in total. The predicted octanol–water partition coefficient (Wildman–Crippen LogP) is 2.98. The fraction of sp³-hybridized carbons (Fsp3) is 0.389. The van der Waals surface area contributed by atoms with E-state index in [1.54, 1.807) is 40.5 Å². The maximum absolute atomic E-state index is 13.0. The van der Waals surface area contributed by atoms with Crippen LogP contribution in [-0.2, 0) is 16.4 Å². The van der Waals surface area contributed by atoms with Crippen LogP contribution in [-0.4, -0.2) is 43.4 Å². The lowest BCUT2D eigenvalue weighted by Crippen LogP contribution is -2.40. The van der Waals surface area contributed by atoms with Crippen LogP contribution in [0.2, 0.25) is 0 Å². The van der Waals surface area contributed by atoms with Gasteiger partial charge in [0.15, 0.2) is 9.84 Å². The molecule has 2 aromatic rings. The Kier molecular flexibility index (Phi) is 5.44. The second-order valence-corrected chi connectivity index (χ2v) is 9.29. The van der Waals surface area contributed by atoms with Gasteiger partial charge in [0.1, 0.15) is 5.75 Å². The summed E-state index contributed by atoms with van der Waals surface area (Å²) in [6.45, 7) is 2.91. The molecule has 134 valence electrons. The Morgan fingerprint density at radius 1 is 1.28 bits per heavy atom. The Labute approximate surface area is 152 Å². The molecule has 0 unspecified atom stereocenters. The second-order valence-electron chi connectivity index (χ2n) is 6.03. The lowest BCUT2D eigenvalue weighted by molar-refractivity contribution is 0.0683. The summed E-state index contributed by atoms with van der Waals surface area (Å²) in [7, 11) is -3.06. The Balaban J connectivity index is 1.83. The minimum Gasteiger partial charge on any atom is -0.494 e. The first-order valence-electron chi connectivity index (χ1n) is 8.25. The van der Waals surface area contributed by atoms with Gasteiger partial charge in [-0.05, 0) is 49.1 Å². The summed E-state index contributed by atoms with van der Waals surface area (Å²) in [4.78, 5) is 15.8. The molecule has 2 heterocycles. The van der Waals surface area contributed by atoms with Crippen molar-refractivity contribution in [1.29, 1.82) is 0 Å². The van der Waals surface area contributed by atoms with Crippen molar-refractivity contribution in [1.82, 2.24) is 4.90 Å². The van der Waals surface area contributed by atoms with E-state index in [9.17, 15) is 13.2 Å². The Bertz CT molecular complexity index is 813. The molecule has 7 heteroatoms. The van der Waals surface area contributed by atoms with Crippen molar-refractivity contribution in [3.8, 4) is 5.75 Å². The van der Waals surface area contributed by atoms with E-state index in [0.717, 1.165) is 4.88 Å². The number of hydrogen-bond donors (Lipinski definition) is 0. The van der Waals surface area contributed by atoms with Gasteiger partial charge in [0.25, 0.3) is 5.91 Å². The highest BCUT2D eigenvalue weighted by atomic mass is 32.2. The van der Waals surface area contributed by atoms with Crippen LogP contribution in [0.5, 0.6) is 5.75 Å². The molecule has 5 nitrogen and oxygen atoms in total. The van der Waals surface area contributed by atoms with Gasteiger partial charge in [-0.25, -0.2) is 8.42 Å². The predicted molar refractivity (Wildman–Crippen MR) is 98.9 cm³/mol. The zero-order valence-electron chi connectivity index (χ0n) is 14.1. The van der Waals surface area contributed by atoms with Crippen molar-refractivity contribution >= 4 is 27.1 Å². The molecule has 1 aromatic carbocycles. The summed E-state index contributed by atoms with van der Waals surface area (Å²) in [5, 5.41) is 1.96. The first-order valence-corrected chi connectivity index (χ1v) is 11.0. The van der Waals surface area contributed by atoms with Crippen LogP contribution in [0.4, 0.5) is 0 Å². The Hall–Kier alpha value is -1.86. The van der Waals surface area contributed by atoms with Crippen molar-refractivity contribution in [2.24, 2.45) is 0 Å². The van der Waals surface area contributed by atoms with Gasteiger partial charge in [-0.3, -0.25) is 4.79 Å². The third-order valence-electron chi connectivity index (χ3n) is 4.23. The van der Waals surface area contributed by atoms with E-state index in [2.05, 4.69) is 0 Å². The number of nitrogens with zero attached hydrogens (tertiary/aromatic N) is 1. The van der Waals surface area contributed by atoms with E-state index in [1.807, 2.05) is 24.4 Å². The van der Waals surface area contributed by atoms with E-state index in [4.69, 9.17) is 4.74 Å². The summed E-state index contributed by atoms with van der Waals surface area (Å²) >= 11 is 1.57. The SMILES string of the molecule is CCOc1ccc(C(=O)N(Cc2cccs2)[C@@H]2CCS(=O)(=O)C2)cc1. The van der Waals surface area contributed by atoms with Gasteiger partial charge in [-0.2, -0.15) is 0 Å². The lowest BCUT2D eigenvalue weighted by atomic mass is 10.1. The smallest absolute Gasteiger partial charge is 0.254 e. The average Bonchev–Trinajstić information content (AvgIpc) is 3.22. The van der Waals surface area contributed by atoms with Crippen LogP contribution in [0.15, 0.2) is 41.8 Å². The molecule has 1 aliphatic rings. The molecule has 1 atom stereocenters. The molecule has 1 aliphatic heterocycles. The zero-order valence-corrected chi connectivity index (χ0v) is 15.7. The number of amides is 1. The van der Waals surface area contributed by atoms with Crippen molar-refractivity contribution in [2.45, 2.75) is 25.9 Å². The summed E-state index contributed by atoms with van der Waals surface area (Å²) in [5.74, 6) is 0.766. The van der Waals surface area contributed by atoms with Crippen molar-refractivity contribution in [2.75, 3.05) is 18.1 Å². The molecule has 25 heavy (non-hydrogen) atoms. The molecule has 1 amide bonds. The minimum absolute atomic E-state index is 0.0428. The van der Waals surface area contributed by atoms with Gasteiger partial charge >= 0.3 is 0 Å². The monoisotopic (exact) mass is 379 g/mol. The third-order valence-corrected chi connectivity index (χ3v) is 6.84. The van der Waals surface area contributed by atoms with E-state index >= 15 is 0 Å². The molecule has 0 spiro atoms. The van der Waals surface area contributed by atoms with Gasteiger partial charge in [-0.1, -0.05) is 6.07 Å². The first-order chi connectivity index (χ1) is 12.0. The molecule has 1 aromatic heterocycles. The first kappa shape index (κ1) is 17.9. The van der Waals surface area contributed by atoms with E-state index < -0.39 is 9.84 Å². The van der Waals surface area contributed by atoms with E-state index in [1.165, 1.54) is 0 Å². The zero-order chi connectivity index (χ0) is 17.9. The molecule has 1 saturated heterocycles. The average molecular weight is 380 g/mol. The molecule has 1 fully saturated rings. The molecule has 0 saturated carbocycles. The van der Waals surface area contributed by atoms with Gasteiger partial charge in [0.05, 0.1) is 24.7 Å². The third kappa shape index (κ3) is 4.41. The van der Waals surface area contributed by atoms with Gasteiger partial charge < -0.3 is 9.64 Å². The number of rotatable bonds is 6. The van der Waals surface area contributed by atoms with Crippen LogP contribution < -0.4 is 4.74 Å². The van der Waals surface area contributed by atoms with Crippen LogP contribution in [0.1, 0.15) is 28.6 Å². The topological polar surface area (TPSA) is 63.7 Å². The van der Waals surface area contributed by atoms with Crippen molar-refractivity contribution < 1.29 is 17.9 Å². The summed E-state index contributed by atoms with van der Waals surface area (Å²) in [6, 6.07) is 10.6. The Morgan fingerprint density at radius 3 is 2.60 bits per heavy atom. The quantitative estimate of drug-likeness (QED) is 0.774. The number of thiophene rings is 1. The van der Waals surface area contributed by atoms with E-state index in [-0.39, 0.29) is 23.5 Å². The molecular formula is C18H21NO4S2. The number of carbonyl (C=O) groups excluding carboxylic acids is 1. The molecule has 0 radical (unpaired) electrons. The number of sulfone groups is 1. The summed E-state index contributed by atoms with van der Waals surface area (Å²) in [6.07, 6.45) is 0.497. The maximum atomic E-state index is 13.0. The van der Waals surface area contributed by atoms with Gasteiger partial charge in [-0.15, -0.1) is 11.3 Å². The normalized spacial score (nSPS) is 18.8. The molecular weight excluding hydrogens is 358 g/mol. The number of ether oxygens (including phenoxy) is 1. The van der Waals surface area contributed by atoms with Crippen LogP contribution in [0.25, 0.3) is 0 Å².